The molecule has 196 valence electrons. The molecular formula is C26H25F3N8O. The highest BCUT2D eigenvalue weighted by atomic mass is 19.4. The van der Waals surface area contributed by atoms with E-state index in [0.29, 0.717) is 18.7 Å². The summed E-state index contributed by atoms with van der Waals surface area (Å²) in [5.74, 6) is 4.80. The molecule has 1 saturated heterocycles. The van der Waals surface area contributed by atoms with E-state index in [2.05, 4.69) is 37.0 Å². The number of rotatable bonds is 5. The molecular weight excluding hydrogens is 497 g/mol. The molecule has 0 unspecified atom stereocenters. The van der Waals surface area contributed by atoms with Crippen molar-refractivity contribution in [3.8, 4) is 11.8 Å². The molecule has 0 aliphatic carbocycles. The van der Waals surface area contributed by atoms with Crippen LogP contribution in [-0.2, 0) is 12.7 Å². The zero-order valence-corrected chi connectivity index (χ0v) is 20.5. The molecule has 0 spiro atoms. The molecule has 0 saturated carbocycles. The van der Waals surface area contributed by atoms with Crippen LogP contribution in [0.15, 0.2) is 49.2 Å². The fourth-order valence-electron chi connectivity index (χ4n) is 3.87. The first kappa shape index (κ1) is 26.7. The number of hydrogen-bond donors (Lipinski definition) is 3. The van der Waals surface area contributed by atoms with Gasteiger partial charge in [0.25, 0.3) is 5.91 Å². The number of carbonyl (C=O) groups is 1. The maximum atomic E-state index is 13.9. The summed E-state index contributed by atoms with van der Waals surface area (Å²) in [7, 11) is 1.98. The number of nitrogens with one attached hydrogen (secondary N) is 2. The maximum Gasteiger partial charge on any atom is 0.416 e. The zero-order chi connectivity index (χ0) is 27.3. The second-order valence-electron chi connectivity index (χ2n) is 8.81. The number of aromatic nitrogens is 3. The molecule has 1 fully saturated rings. The van der Waals surface area contributed by atoms with Crippen molar-refractivity contribution < 1.29 is 18.0 Å². The van der Waals surface area contributed by atoms with E-state index in [4.69, 9.17) is 11.1 Å². The standard InChI is InChI=1S/C26H25F3N8O/c1-36-6-8-37(9-7-36)15-18-3-4-20(11-22(18)26(27,28)29)35-25(38)19-10-17(12-32-13-19)2-5-23(30)21-14-33-16-34-24(21)31/h3-4,10-14,16,30H,6-9,15H2,1H3,(H,35,38)(H2,31,33,34). The Kier molecular flexibility index (Phi) is 7.99. The number of alkyl halides is 3. The van der Waals surface area contributed by atoms with E-state index in [0.717, 1.165) is 19.2 Å². The van der Waals surface area contributed by atoms with E-state index in [9.17, 15) is 18.0 Å². The van der Waals surface area contributed by atoms with Crippen LogP contribution in [0.2, 0.25) is 0 Å². The van der Waals surface area contributed by atoms with Crippen molar-refractivity contribution in [3.63, 3.8) is 0 Å². The van der Waals surface area contributed by atoms with Gasteiger partial charge in [0.2, 0.25) is 0 Å². The van der Waals surface area contributed by atoms with Gasteiger partial charge in [-0.1, -0.05) is 12.0 Å². The first-order valence-electron chi connectivity index (χ1n) is 11.6. The Hall–Kier alpha value is -4.34. The monoisotopic (exact) mass is 522 g/mol. The number of benzene rings is 1. The van der Waals surface area contributed by atoms with Crippen molar-refractivity contribution in [1.29, 1.82) is 5.41 Å². The van der Waals surface area contributed by atoms with E-state index >= 15 is 0 Å². The number of pyridine rings is 1. The quantitative estimate of drug-likeness (QED) is 0.348. The van der Waals surface area contributed by atoms with Gasteiger partial charge in [0.05, 0.1) is 16.7 Å². The second kappa shape index (κ2) is 11.4. The third-order valence-corrected chi connectivity index (χ3v) is 6.01. The van der Waals surface area contributed by atoms with E-state index in [1.165, 1.54) is 43.1 Å². The number of carbonyl (C=O) groups excluding carboxylic acids is 1. The van der Waals surface area contributed by atoms with Crippen molar-refractivity contribution in [1.82, 2.24) is 24.8 Å². The molecule has 1 aliphatic rings. The number of hydrogen-bond acceptors (Lipinski definition) is 8. The minimum Gasteiger partial charge on any atom is -0.383 e. The number of piperazine rings is 1. The average molecular weight is 523 g/mol. The molecule has 4 rings (SSSR count). The number of nitrogens with zero attached hydrogens (tertiary/aromatic N) is 5. The van der Waals surface area contributed by atoms with Crippen LogP contribution in [0.5, 0.6) is 0 Å². The van der Waals surface area contributed by atoms with E-state index in [1.54, 1.807) is 0 Å². The van der Waals surface area contributed by atoms with Crippen molar-refractivity contribution in [3.05, 3.63) is 77.0 Å². The lowest BCUT2D eigenvalue weighted by Crippen LogP contribution is -2.44. The number of halogens is 3. The molecule has 0 radical (unpaired) electrons. The largest absolute Gasteiger partial charge is 0.416 e. The highest BCUT2D eigenvalue weighted by Gasteiger charge is 2.34. The number of amides is 1. The second-order valence-corrected chi connectivity index (χ2v) is 8.81. The summed E-state index contributed by atoms with van der Waals surface area (Å²) in [6.07, 6.45) is 0.729. The maximum absolute atomic E-state index is 13.9. The Morgan fingerprint density at radius 3 is 2.61 bits per heavy atom. The molecule has 1 aliphatic heterocycles. The molecule has 1 amide bonds. The van der Waals surface area contributed by atoms with E-state index in [-0.39, 0.29) is 40.5 Å². The van der Waals surface area contributed by atoms with Gasteiger partial charge in [0, 0.05) is 62.6 Å². The lowest BCUT2D eigenvalue weighted by molar-refractivity contribution is -0.138. The van der Waals surface area contributed by atoms with Crippen LogP contribution in [0.4, 0.5) is 24.7 Å². The van der Waals surface area contributed by atoms with E-state index < -0.39 is 17.6 Å². The molecule has 38 heavy (non-hydrogen) atoms. The number of likely N-dealkylation sites (N-methyl/N-ethyl adjacent to an activating group) is 1. The van der Waals surface area contributed by atoms with Crippen LogP contribution in [-0.4, -0.2) is 69.6 Å². The van der Waals surface area contributed by atoms with Crippen LogP contribution in [0, 0.1) is 17.3 Å². The SMILES string of the molecule is CN1CCN(Cc2ccc(NC(=O)c3cncc(C#CC(=N)c4cncnc4N)c3)cc2C(F)(F)F)CC1. The van der Waals surface area contributed by atoms with Gasteiger partial charge in [0.15, 0.2) is 0 Å². The predicted molar refractivity (Wildman–Crippen MR) is 137 cm³/mol. The highest BCUT2D eigenvalue weighted by molar-refractivity contribution is 6.13. The van der Waals surface area contributed by atoms with Crippen molar-refractivity contribution in [2.24, 2.45) is 0 Å². The van der Waals surface area contributed by atoms with Crippen molar-refractivity contribution in [2.45, 2.75) is 12.7 Å². The van der Waals surface area contributed by atoms with Gasteiger partial charge in [-0.3, -0.25) is 20.1 Å². The van der Waals surface area contributed by atoms with Crippen LogP contribution in [0.3, 0.4) is 0 Å². The molecule has 0 bridgehead atoms. The minimum atomic E-state index is -4.57. The third kappa shape index (κ3) is 6.70. The number of nitrogen functional groups attached to an aromatic ring is 1. The molecule has 0 atom stereocenters. The summed E-state index contributed by atoms with van der Waals surface area (Å²) in [4.78, 5) is 28.5. The Balaban J connectivity index is 1.49. The highest BCUT2D eigenvalue weighted by Crippen LogP contribution is 2.34. The van der Waals surface area contributed by atoms with Gasteiger partial charge in [-0.15, -0.1) is 0 Å². The fraction of sp³-hybridized carbons (Fsp3) is 0.269. The van der Waals surface area contributed by atoms with E-state index in [1.807, 2.05) is 11.9 Å². The first-order chi connectivity index (χ1) is 18.1. The summed E-state index contributed by atoms with van der Waals surface area (Å²) in [6, 6.07) is 5.25. The third-order valence-electron chi connectivity index (χ3n) is 6.01. The first-order valence-corrected chi connectivity index (χ1v) is 11.6. The zero-order valence-electron chi connectivity index (χ0n) is 20.5. The Morgan fingerprint density at radius 2 is 1.89 bits per heavy atom. The normalized spacial score (nSPS) is 14.4. The van der Waals surface area contributed by atoms with Gasteiger partial charge in [-0.2, -0.15) is 13.2 Å². The molecule has 9 nitrogen and oxygen atoms in total. The smallest absolute Gasteiger partial charge is 0.383 e. The van der Waals surface area contributed by atoms with Gasteiger partial charge < -0.3 is 16.0 Å². The van der Waals surface area contributed by atoms with Gasteiger partial charge >= 0.3 is 6.18 Å². The van der Waals surface area contributed by atoms with Crippen LogP contribution >= 0.6 is 0 Å². The van der Waals surface area contributed by atoms with Crippen LogP contribution < -0.4 is 11.1 Å². The average Bonchev–Trinajstić information content (AvgIpc) is 2.89. The summed E-state index contributed by atoms with van der Waals surface area (Å²) in [5, 5.41) is 10.6. The van der Waals surface area contributed by atoms with Crippen molar-refractivity contribution in [2.75, 3.05) is 44.3 Å². The van der Waals surface area contributed by atoms with Crippen molar-refractivity contribution >= 4 is 23.1 Å². The van der Waals surface area contributed by atoms with Gasteiger partial charge in [0.1, 0.15) is 17.9 Å². The number of anilines is 2. The van der Waals surface area contributed by atoms with Gasteiger partial charge in [-0.05, 0) is 36.7 Å². The molecule has 2 aromatic heterocycles. The fourth-order valence-corrected chi connectivity index (χ4v) is 3.87. The predicted octanol–water partition coefficient (Wildman–Crippen LogP) is 2.89. The molecule has 3 heterocycles. The minimum absolute atomic E-state index is 0.0160. The molecule has 4 N–H and O–H groups in total. The Morgan fingerprint density at radius 1 is 1.13 bits per heavy atom. The summed E-state index contributed by atoms with van der Waals surface area (Å²) in [6.45, 7) is 3.14. The molecule has 3 aromatic rings. The summed E-state index contributed by atoms with van der Waals surface area (Å²) in [5.41, 5.74) is 5.69. The molecule has 12 heteroatoms. The van der Waals surface area contributed by atoms with Crippen LogP contribution in [0.25, 0.3) is 0 Å². The Labute approximate surface area is 217 Å². The summed E-state index contributed by atoms with van der Waals surface area (Å²) < 4.78 is 41.6. The lowest BCUT2D eigenvalue weighted by Gasteiger charge is -2.33. The van der Waals surface area contributed by atoms with Crippen LogP contribution in [0.1, 0.15) is 32.6 Å². The van der Waals surface area contributed by atoms with Gasteiger partial charge in [-0.25, -0.2) is 9.97 Å². The summed E-state index contributed by atoms with van der Waals surface area (Å²) >= 11 is 0. The lowest BCUT2D eigenvalue weighted by atomic mass is 10.0. The molecule has 1 aromatic carbocycles. The number of nitrogens with two attached hydrogens (primary N) is 1. The Bertz CT molecular complexity index is 1410. The topological polar surface area (TPSA) is 124 Å².